The van der Waals surface area contributed by atoms with Crippen LogP contribution >= 0.6 is 0 Å². The lowest BCUT2D eigenvalue weighted by Crippen LogP contribution is -2.67. The second-order valence-corrected chi connectivity index (χ2v) is 9.90. The van der Waals surface area contributed by atoms with Crippen molar-refractivity contribution in [2.75, 3.05) is 6.26 Å². The minimum Gasteiger partial charge on any atom is -0.309 e. The molecule has 0 unspecified atom stereocenters. The van der Waals surface area contributed by atoms with Crippen molar-refractivity contribution in [3.05, 3.63) is 59.2 Å². The van der Waals surface area contributed by atoms with Crippen LogP contribution in [0, 0.1) is 24.5 Å². The van der Waals surface area contributed by atoms with Gasteiger partial charge in [0, 0.05) is 23.7 Å². The number of nitrogens with one attached hydrogen (secondary N) is 2. The molecular weight excluding hydrogens is 382 g/mol. The van der Waals surface area contributed by atoms with E-state index in [1.807, 2.05) is 0 Å². The maximum absolute atomic E-state index is 15.3. The van der Waals surface area contributed by atoms with Crippen LogP contribution in [0.15, 0.2) is 36.4 Å². The molecule has 3 aliphatic rings. The molecule has 2 heterocycles. The van der Waals surface area contributed by atoms with Crippen LogP contribution in [0.3, 0.4) is 0 Å². The number of hydrogen-bond donors (Lipinski definition) is 2. The van der Waals surface area contributed by atoms with Gasteiger partial charge in [-0.05, 0) is 60.9 Å². The van der Waals surface area contributed by atoms with E-state index in [1.54, 1.807) is 31.2 Å². The van der Waals surface area contributed by atoms with Crippen molar-refractivity contribution in [2.24, 2.45) is 5.92 Å². The highest BCUT2D eigenvalue weighted by Gasteiger charge is 2.46. The Morgan fingerprint density at radius 3 is 2.61 bits per heavy atom. The van der Waals surface area contributed by atoms with E-state index in [0.717, 1.165) is 24.7 Å². The highest BCUT2D eigenvalue weighted by atomic mass is 32.2. The molecule has 3 fully saturated rings. The van der Waals surface area contributed by atoms with E-state index >= 15 is 4.39 Å². The molecule has 2 aromatic rings. The van der Waals surface area contributed by atoms with E-state index in [4.69, 9.17) is 0 Å². The molecule has 2 aromatic carbocycles. The summed E-state index contributed by atoms with van der Waals surface area (Å²) in [6.45, 7) is 1.77. The summed E-state index contributed by atoms with van der Waals surface area (Å²) in [4.78, 5) is 0. The van der Waals surface area contributed by atoms with Gasteiger partial charge in [-0.1, -0.05) is 24.3 Å². The SMILES string of the molecule is Cc1cc(F)cc(-c2cccc(C[C@@H]3NC4CC(C4)[C@@H]3NS(C)(=O)=O)c2F)c1. The quantitative estimate of drug-likeness (QED) is 0.802. The van der Waals surface area contributed by atoms with Crippen molar-refractivity contribution >= 4 is 10.0 Å². The van der Waals surface area contributed by atoms with Crippen LogP contribution in [-0.2, 0) is 16.4 Å². The Balaban J connectivity index is 1.63. The summed E-state index contributed by atoms with van der Waals surface area (Å²) < 4.78 is 55.3. The molecule has 150 valence electrons. The van der Waals surface area contributed by atoms with Gasteiger partial charge >= 0.3 is 0 Å². The first kappa shape index (κ1) is 19.5. The van der Waals surface area contributed by atoms with Gasteiger partial charge in [0.15, 0.2) is 0 Å². The van der Waals surface area contributed by atoms with Crippen molar-refractivity contribution in [1.82, 2.24) is 10.0 Å². The Morgan fingerprint density at radius 1 is 1.18 bits per heavy atom. The predicted octanol–water partition coefficient (Wildman–Crippen LogP) is 3.15. The molecule has 2 aliphatic heterocycles. The molecule has 2 atom stereocenters. The van der Waals surface area contributed by atoms with Crippen molar-refractivity contribution in [2.45, 2.75) is 44.3 Å². The van der Waals surface area contributed by atoms with Crippen LogP contribution in [0.25, 0.3) is 11.1 Å². The van der Waals surface area contributed by atoms with Crippen molar-refractivity contribution in [1.29, 1.82) is 0 Å². The summed E-state index contributed by atoms with van der Waals surface area (Å²) in [6, 6.07) is 9.55. The lowest BCUT2D eigenvalue weighted by Gasteiger charge is -2.52. The maximum atomic E-state index is 15.3. The van der Waals surface area contributed by atoms with Crippen molar-refractivity contribution in [3.63, 3.8) is 0 Å². The lowest BCUT2D eigenvalue weighted by atomic mass is 9.68. The Hall–Kier alpha value is -1.83. The Morgan fingerprint density at radius 2 is 1.93 bits per heavy atom. The fourth-order valence-corrected chi connectivity index (χ4v) is 5.38. The summed E-state index contributed by atoms with van der Waals surface area (Å²) in [5, 5.41) is 3.45. The first-order valence-electron chi connectivity index (χ1n) is 9.48. The molecule has 1 aliphatic carbocycles. The monoisotopic (exact) mass is 406 g/mol. The van der Waals surface area contributed by atoms with Gasteiger partial charge in [0.1, 0.15) is 11.6 Å². The van der Waals surface area contributed by atoms with Gasteiger partial charge in [0.2, 0.25) is 10.0 Å². The van der Waals surface area contributed by atoms with Crippen molar-refractivity contribution < 1.29 is 17.2 Å². The zero-order valence-corrected chi connectivity index (χ0v) is 16.7. The van der Waals surface area contributed by atoms with Gasteiger partial charge in [-0.15, -0.1) is 0 Å². The third-order valence-corrected chi connectivity index (χ3v) is 6.49. The highest BCUT2D eigenvalue weighted by molar-refractivity contribution is 7.88. The molecule has 0 radical (unpaired) electrons. The third-order valence-electron chi connectivity index (χ3n) is 5.79. The second-order valence-electron chi connectivity index (χ2n) is 8.12. The molecule has 28 heavy (non-hydrogen) atoms. The van der Waals surface area contributed by atoms with E-state index in [2.05, 4.69) is 10.0 Å². The molecule has 0 amide bonds. The summed E-state index contributed by atoms with van der Waals surface area (Å²) in [7, 11) is -3.35. The number of piperidine rings is 2. The fourth-order valence-electron chi connectivity index (χ4n) is 4.53. The van der Waals surface area contributed by atoms with Gasteiger partial charge < -0.3 is 5.32 Å². The van der Waals surface area contributed by atoms with Crippen LogP contribution in [0.4, 0.5) is 8.78 Å². The molecule has 1 saturated carbocycles. The molecule has 2 N–H and O–H groups in total. The topological polar surface area (TPSA) is 58.2 Å². The van der Waals surface area contributed by atoms with Gasteiger partial charge in [0.05, 0.1) is 6.26 Å². The standard InChI is InChI=1S/C21H24F2N2O2S/c1-12-6-14(8-16(22)7-12)18-5-3-4-13(20(18)23)11-19-21(25-28(2,26)27)15-9-17(10-15)24-19/h3-8,15,17,19,21,24-25H,9-11H2,1-2H3/t15?,17?,19-,21-/m0/s1. The fraction of sp³-hybridized carbons (Fsp3) is 0.429. The van der Waals surface area contributed by atoms with Crippen molar-refractivity contribution in [3.8, 4) is 11.1 Å². The van der Waals surface area contributed by atoms with Gasteiger partial charge in [0.25, 0.3) is 0 Å². The average molecular weight is 406 g/mol. The van der Waals surface area contributed by atoms with Crippen LogP contribution in [0.5, 0.6) is 0 Å². The normalized spacial score (nSPS) is 26.7. The largest absolute Gasteiger partial charge is 0.309 e. The van der Waals surface area contributed by atoms with E-state index < -0.39 is 15.8 Å². The first-order valence-corrected chi connectivity index (χ1v) is 11.4. The molecule has 7 heteroatoms. The molecule has 0 aromatic heterocycles. The summed E-state index contributed by atoms with van der Waals surface area (Å²) in [6.07, 6.45) is 3.40. The van der Waals surface area contributed by atoms with Crippen LogP contribution in [0.1, 0.15) is 24.0 Å². The smallest absolute Gasteiger partial charge is 0.209 e. The Labute approximate surface area is 164 Å². The minimum absolute atomic E-state index is 0.175. The number of fused-ring (bicyclic) bond motifs is 2. The molecule has 5 rings (SSSR count). The zero-order valence-electron chi connectivity index (χ0n) is 15.9. The highest BCUT2D eigenvalue weighted by Crippen LogP contribution is 2.38. The van der Waals surface area contributed by atoms with E-state index in [9.17, 15) is 12.8 Å². The third kappa shape index (κ3) is 3.97. The number of sulfonamides is 1. The molecule has 2 bridgehead atoms. The van der Waals surface area contributed by atoms with Gasteiger partial charge in [-0.25, -0.2) is 21.9 Å². The number of benzene rings is 2. The minimum atomic E-state index is -3.35. The van der Waals surface area contributed by atoms with Gasteiger partial charge in [-0.2, -0.15) is 0 Å². The second kappa shape index (κ2) is 7.21. The molecular formula is C21H24F2N2O2S. The Kier molecular flexibility index (Phi) is 5.02. The average Bonchev–Trinajstić information content (AvgIpc) is 2.54. The molecule has 4 nitrogen and oxygen atoms in total. The van der Waals surface area contributed by atoms with E-state index in [-0.39, 0.29) is 23.8 Å². The van der Waals surface area contributed by atoms with E-state index in [1.165, 1.54) is 12.1 Å². The first-order chi connectivity index (χ1) is 13.2. The number of hydrogen-bond acceptors (Lipinski definition) is 3. The maximum Gasteiger partial charge on any atom is 0.209 e. The van der Waals surface area contributed by atoms with Crippen LogP contribution in [0.2, 0.25) is 0 Å². The number of aryl methyl sites for hydroxylation is 1. The summed E-state index contributed by atoms with van der Waals surface area (Å²) >= 11 is 0. The van der Waals surface area contributed by atoms with E-state index in [0.29, 0.717) is 29.2 Å². The Bertz CT molecular complexity index is 983. The molecule has 2 saturated heterocycles. The van der Waals surface area contributed by atoms with Crippen LogP contribution in [-0.4, -0.2) is 32.8 Å². The lowest BCUT2D eigenvalue weighted by molar-refractivity contribution is 0.0809. The van der Waals surface area contributed by atoms with Gasteiger partial charge in [-0.3, -0.25) is 0 Å². The number of halogens is 2. The number of rotatable bonds is 5. The summed E-state index contributed by atoms with van der Waals surface area (Å²) in [5.41, 5.74) is 2.08. The molecule has 0 spiro atoms. The van der Waals surface area contributed by atoms with Crippen LogP contribution < -0.4 is 10.0 Å². The summed E-state index contributed by atoms with van der Waals surface area (Å²) in [5.74, 6) is -0.499. The predicted molar refractivity (Wildman–Crippen MR) is 105 cm³/mol. The zero-order chi connectivity index (χ0) is 20.1.